The molecule has 1 fully saturated rings. The quantitative estimate of drug-likeness (QED) is 0.817. The summed E-state index contributed by atoms with van der Waals surface area (Å²) in [6.07, 6.45) is 0. The minimum absolute atomic E-state index is 0.0911. The third kappa shape index (κ3) is 4.41. The van der Waals surface area contributed by atoms with E-state index in [1.807, 2.05) is 24.4 Å². The van der Waals surface area contributed by atoms with Gasteiger partial charge < -0.3 is 19.7 Å². The Balaban J connectivity index is 1.56. The van der Waals surface area contributed by atoms with E-state index in [1.54, 1.807) is 29.4 Å². The highest BCUT2D eigenvalue weighted by Crippen LogP contribution is 2.19. The number of aromatic nitrogens is 2. The molecule has 1 aliphatic rings. The fourth-order valence-corrected chi connectivity index (χ4v) is 3.35. The highest BCUT2D eigenvalue weighted by atomic mass is 32.1. The summed E-state index contributed by atoms with van der Waals surface area (Å²) in [6.45, 7) is 4.06. The first-order valence-corrected chi connectivity index (χ1v) is 9.29. The number of hydrogen-bond acceptors (Lipinski definition) is 6. The molecule has 2 aromatic rings. The number of nitrogens with zero attached hydrogens (tertiary/aromatic N) is 3. The van der Waals surface area contributed by atoms with E-state index in [0.717, 1.165) is 4.88 Å². The molecule has 0 bridgehead atoms. The van der Waals surface area contributed by atoms with E-state index in [-0.39, 0.29) is 30.2 Å². The molecule has 8 nitrogen and oxygen atoms in total. The van der Waals surface area contributed by atoms with Crippen molar-refractivity contribution in [1.82, 2.24) is 20.0 Å². The Kier molecular flexibility index (Phi) is 5.89. The largest absolute Gasteiger partial charge is 0.468 e. The zero-order valence-electron chi connectivity index (χ0n) is 14.8. The van der Waals surface area contributed by atoms with Gasteiger partial charge in [-0.2, -0.15) is 5.10 Å². The number of hydrogen-bond donors (Lipinski definition) is 1. The average Bonchev–Trinajstić information content (AvgIpc) is 3.30. The van der Waals surface area contributed by atoms with Crippen LogP contribution in [0.1, 0.15) is 28.3 Å². The maximum atomic E-state index is 12.4. The predicted molar refractivity (Wildman–Crippen MR) is 96.3 cm³/mol. The molecule has 1 atom stereocenters. The fraction of sp³-hybridized carbons (Fsp3) is 0.471. The molecule has 0 aromatic carbocycles. The van der Waals surface area contributed by atoms with Crippen molar-refractivity contribution >= 4 is 23.2 Å². The van der Waals surface area contributed by atoms with Crippen LogP contribution in [0.3, 0.4) is 0 Å². The van der Waals surface area contributed by atoms with Gasteiger partial charge in [0, 0.05) is 31.1 Å². The highest BCUT2D eigenvalue weighted by Gasteiger charge is 2.20. The maximum absolute atomic E-state index is 12.4. The first kappa shape index (κ1) is 18.4. The summed E-state index contributed by atoms with van der Waals surface area (Å²) < 4.78 is 12.2. The van der Waals surface area contributed by atoms with Crippen molar-refractivity contribution in [3.63, 3.8) is 0 Å². The van der Waals surface area contributed by atoms with Crippen molar-refractivity contribution in [1.29, 1.82) is 0 Å². The Morgan fingerprint density at radius 2 is 2.19 bits per heavy atom. The van der Waals surface area contributed by atoms with E-state index in [4.69, 9.17) is 9.47 Å². The topological polar surface area (TPSA) is 85.7 Å². The van der Waals surface area contributed by atoms with Gasteiger partial charge in [-0.3, -0.25) is 9.59 Å². The number of amides is 2. The lowest BCUT2D eigenvalue weighted by Gasteiger charge is -2.26. The monoisotopic (exact) mass is 378 g/mol. The lowest BCUT2D eigenvalue weighted by molar-refractivity contribution is -0.137. The van der Waals surface area contributed by atoms with Crippen molar-refractivity contribution in [3.8, 4) is 5.88 Å². The van der Waals surface area contributed by atoms with Gasteiger partial charge >= 0.3 is 0 Å². The van der Waals surface area contributed by atoms with E-state index < -0.39 is 0 Å². The van der Waals surface area contributed by atoms with Crippen molar-refractivity contribution in [2.24, 2.45) is 7.05 Å². The predicted octanol–water partition coefficient (Wildman–Crippen LogP) is 1.21. The van der Waals surface area contributed by atoms with E-state index in [2.05, 4.69) is 10.4 Å². The number of rotatable bonds is 6. The van der Waals surface area contributed by atoms with Crippen LogP contribution < -0.4 is 10.1 Å². The molecule has 9 heteroatoms. The van der Waals surface area contributed by atoms with Gasteiger partial charge in [0.25, 0.3) is 11.8 Å². The number of aryl methyl sites for hydroxylation is 1. The molecule has 0 radical (unpaired) electrons. The Bertz CT molecular complexity index is 753. The van der Waals surface area contributed by atoms with Crippen LogP contribution in [-0.2, 0) is 16.6 Å². The zero-order valence-corrected chi connectivity index (χ0v) is 15.6. The second-order valence-electron chi connectivity index (χ2n) is 5.98. The lowest BCUT2D eigenvalue weighted by atomic mass is 10.2. The number of morpholine rings is 1. The molecule has 140 valence electrons. The first-order valence-electron chi connectivity index (χ1n) is 8.41. The van der Waals surface area contributed by atoms with Gasteiger partial charge in [-0.1, -0.05) is 6.07 Å². The molecule has 1 unspecified atom stereocenters. The molecular weight excluding hydrogens is 356 g/mol. The van der Waals surface area contributed by atoms with Crippen molar-refractivity contribution in [2.45, 2.75) is 13.0 Å². The van der Waals surface area contributed by atoms with E-state index in [0.29, 0.717) is 32.2 Å². The molecule has 1 N–H and O–H groups in total. The molecular formula is C17H22N4O4S. The van der Waals surface area contributed by atoms with Gasteiger partial charge in [0.2, 0.25) is 5.88 Å². The third-order valence-corrected chi connectivity index (χ3v) is 5.15. The van der Waals surface area contributed by atoms with Gasteiger partial charge in [0.15, 0.2) is 12.3 Å². The molecule has 3 rings (SSSR count). The molecule has 1 aliphatic heterocycles. The van der Waals surface area contributed by atoms with Crippen molar-refractivity contribution in [2.75, 3.05) is 32.9 Å². The molecule has 2 amide bonds. The first-order chi connectivity index (χ1) is 12.5. The minimum Gasteiger partial charge on any atom is -0.468 e. The maximum Gasteiger partial charge on any atom is 0.272 e. The standard InChI is InChI=1S/C17H22N4O4S/c1-12(14-4-3-9-26-14)18-17(23)13-10-16(20(2)19-13)25-11-15(22)21-5-7-24-8-6-21/h3-4,9-10,12H,5-8,11H2,1-2H3,(H,18,23). The molecule has 3 heterocycles. The van der Waals surface area contributed by atoms with Crippen LogP contribution in [-0.4, -0.2) is 59.4 Å². The summed E-state index contributed by atoms with van der Waals surface area (Å²) in [5, 5.41) is 9.05. The van der Waals surface area contributed by atoms with Crippen LogP contribution in [0.2, 0.25) is 0 Å². The SMILES string of the molecule is CC(NC(=O)c1cc(OCC(=O)N2CCOCC2)n(C)n1)c1cccs1. The van der Waals surface area contributed by atoms with E-state index in [1.165, 1.54) is 4.68 Å². The second-order valence-corrected chi connectivity index (χ2v) is 6.96. The van der Waals surface area contributed by atoms with Crippen molar-refractivity contribution in [3.05, 3.63) is 34.2 Å². The van der Waals surface area contributed by atoms with Gasteiger partial charge in [-0.05, 0) is 18.4 Å². The fourth-order valence-electron chi connectivity index (χ4n) is 2.62. The van der Waals surface area contributed by atoms with Gasteiger partial charge in [-0.25, -0.2) is 4.68 Å². The summed E-state index contributed by atoms with van der Waals surface area (Å²) >= 11 is 1.59. The van der Waals surface area contributed by atoms with Crippen LogP contribution >= 0.6 is 11.3 Å². The van der Waals surface area contributed by atoms with Crippen LogP contribution in [0.5, 0.6) is 5.88 Å². The zero-order chi connectivity index (χ0) is 18.5. The van der Waals surface area contributed by atoms with Gasteiger partial charge in [-0.15, -0.1) is 11.3 Å². The Morgan fingerprint density at radius 1 is 1.42 bits per heavy atom. The summed E-state index contributed by atoms with van der Waals surface area (Å²) in [5.74, 6) is -0.0109. The van der Waals surface area contributed by atoms with Crippen LogP contribution in [0, 0.1) is 0 Å². The molecule has 0 spiro atoms. The molecule has 26 heavy (non-hydrogen) atoms. The Hall–Kier alpha value is -2.39. The Morgan fingerprint density at radius 3 is 2.88 bits per heavy atom. The molecule has 0 saturated carbocycles. The summed E-state index contributed by atoms with van der Waals surface area (Å²) in [7, 11) is 1.67. The molecule has 1 saturated heterocycles. The molecule has 2 aromatic heterocycles. The lowest BCUT2D eigenvalue weighted by Crippen LogP contribution is -2.43. The highest BCUT2D eigenvalue weighted by molar-refractivity contribution is 7.10. The number of carbonyl (C=O) groups is 2. The normalized spacial score (nSPS) is 15.5. The van der Waals surface area contributed by atoms with Gasteiger partial charge in [0.05, 0.1) is 19.3 Å². The minimum atomic E-state index is -0.282. The van der Waals surface area contributed by atoms with Crippen molar-refractivity contribution < 1.29 is 19.1 Å². The number of nitrogens with one attached hydrogen (secondary N) is 1. The summed E-state index contributed by atoms with van der Waals surface area (Å²) in [4.78, 5) is 27.3. The van der Waals surface area contributed by atoms with Gasteiger partial charge in [0.1, 0.15) is 0 Å². The summed E-state index contributed by atoms with van der Waals surface area (Å²) in [6, 6.07) is 5.36. The smallest absolute Gasteiger partial charge is 0.272 e. The number of carbonyl (C=O) groups excluding carboxylic acids is 2. The average molecular weight is 378 g/mol. The Labute approximate surface area is 155 Å². The van der Waals surface area contributed by atoms with Crippen LogP contribution in [0.4, 0.5) is 0 Å². The molecule has 0 aliphatic carbocycles. The van der Waals surface area contributed by atoms with E-state index in [9.17, 15) is 9.59 Å². The number of ether oxygens (including phenoxy) is 2. The third-order valence-electron chi connectivity index (χ3n) is 4.09. The second kappa shape index (κ2) is 8.33. The summed E-state index contributed by atoms with van der Waals surface area (Å²) in [5.41, 5.74) is 0.254. The van der Waals surface area contributed by atoms with E-state index >= 15 is 0 Å². The number of thiophene rings is 1. The van der Waals surface area contributed by atoms with Crippen LogP contribution in [0.15, 0.2) is 23.6 Å². The van der Waals surface area contributed by atoms with Crippen LogP contribution in [0.25, 0.3) is 0 Å².